The van der Waals surface area contributed by atoms with Crippen molar-refractivity contribution < 1.29 is 8.95 Å². The fourth-order valence-corrected chi connectivity index (χ4v) is 6.85. The van der Waals surface area contributed by atoms with Crippen LogP contribution in [0.5, 0.6) is 0 Å². The predicted octanol–water partition coefficient (Wildman–Crippen LogP) is 6.58. The van der Waals surface area contributed by atoms with Gasteiger partial charge in [-0.2, -0.15) is 0 Å². The van der Waals surface area contributed by atoms with Crippen LogP contribution in [-0.2, 0) is 33.1 Å². The van der Waals surface area contributed by atoms with Gasteiger partial charge in [-0.3, -0.25) is 4.90 Å². The van der Waals surface area contributed by atoms with Crippen LogP contribution in [0.3, 0.4) is 0 Å². The summed E-state index contributed by atoms with van der Waals surface area (Å²) in [7, 11) is 0.843. The SMILES string of the molecule is Cc1c(S(=O)NCC2COCCN2C)cc(-c2cc(C(C)(C)C)cc(C(C)(C)C)c2)n1CC1CCCCC1. The van der Waals surface area contributed by atoms with Gasteiger partial charge >= 0.3 is 0 Å². The first-order valence-corrected chi connectivity index (χ1v) is 15.8. The monoisotopic (exact) mass is 541 g/mol. The fourth-order valence-electron chi connectivity index (χ4n) is 5.75. The van der Waals surface area contributed by atoms with Crippen LogP contribution in [0.15, 0.2) is 29.2 Å². The summed E-state index contributed by atoms with van der Waals surface area (Å²) in [5, 5.41) is 0. The quantitative estimate of drug-likeness (QED) is 0.431. The standard InChI is InChI=1S/C32H51N3O2S/c1-23-30(38(36)33-20-28-22-37-15-14-34(28)8)19-29(35(23)21-24-12-10-9-11-13-24)25-16-26(31(2,3)4)18-27(17-25)32(5,6)7/h16-19,24,28,33H,9-15,20-22H2,1-8H3. The van der Waals surface area contributed by atoms with E-state index in [1.165, 1.54) is 54.5 Å². The van der Waals surface area contributed by atoms with Gasteiger partial charge < -0.3 is 9.30 Å². The smallest absolute Gasteiger partial charge is 0.126 e. The van der Waals surface area contributed by atoms with E-state index in [2.05, 4.69) is 94.0 Å². The number of rotatable bonds is 7. The van der Waals surface area contributed by atoms with Crippen LogP contribution in [0.25, 0.3) is 11.3 Å². The van der Waals surface area contributed by atoms with Crippen molar-refractivity contribution in [1.82, 2.24) is 14.2 Å². The van der Waals surface area contributed by atoms with Gasteiger partial charge in [-0.15, -0.1) is 0 Å². The Morgan fingerprint density at radius 3 is 2.18 bits per heavy atom. The Kier molecular flexibility index (Phi) is 9.28. The highest BCUT2D eigenvalue weighted by Gasteiger charge is 2.26. The molecule has 4 rings (SSSR count). The molecule has 2 aromatic rings. The van der Waals surface area contributed by atoms with Crippen LogP contribution in [0.4, 0.5) is 0 Å². The predicted molar refractivity (Wildman–Crippen MR) is 160 cm³/mol. The largest absolute Gasteiger partial charge is 0.378 e. The third-order valence-corrected chi connectivity index (χ3v) is 9.86. The van der Waals surface area contributed by atoms with Crippen LogP contribution >= 0.6 is 0 Å². The van der Waals surface area contributed by atoms with Crippen molar-refractivity contribution in [2.45, 2.75) is 109 Å². The van der Waals surface area contributed by atoms with E-state index >= 15 is 0 Å². The van der Waals surface area contributed by atoms with E-state index in [-0.39, 0.29) is 16.9 Å². The minimum atomic E-state index is -1.28. The summed E-state index contributed by atoms with van der Waals surface area (Å²) in [5.41, 5.74) is 6.37. The van der Waals surface area contributed by atoms with Gasteiger partial charge in [0.2, 0.25) is 0 Å². The van der Waals surface area contributed by atoms with Gasteiger partial charge in [0.1, 0.15) is 11.0 Å². The van der Waals surface area contributed by atoms with Crippen molar-refractivity contribution in [2.24, 2.45) is 5.92 Å². The Morgan fingerprint density at radius 2 is 1.61 bits per heavy atom. The van der Waals surface area contributed by atoms with Crippen LogP contribution in [0.2, 0.25) is 0 Å². The topological polar surface area (TPSA) is 46.5 Å². The molecule has 2 heterocycles. The summed E-state index contributed by atoms with van der Waals surface area (Å²) in [6, 6.07) is 9.57. The minimum Gasteiger partial charge on any atom is -0.378 e. The number of ether oxygens (including phenoxy) is 1. The van der Waals surface area contributed by atoms with E-state index < -0.39 is 11.0 Å². The normalized spacial score (nSPS) is 21.1. The lowest BCUT2D eigenvalue weighted by Crippen LogP contribution is -2.48. The molecule has 2 atom stereocenters. The molecule has 6 heteroatoms. The summed E-state index contributed by atoms with van der Waals surface area (Å²) < 4.78 is 25.2. The lowest BCUT2D eigenvalue weighted by Gasteiger charge is -2.32. The molecule has 0 bridgehead atoms. The van der Waals surface area contributed by atoms with Gasteiger partial charge in [-0.05, 0) is 78.5 Å². The Bertz CT molecular complexity index is 1090. The molecule has 1 saturated carbocycles. The van der Waals surface area contributed by atoms with Crippen molar-refractivity contribution in [3.63, 3.8) is 0 Å². The second-order valence-electron chi connectivity index (χ2n) is 13.7. The first-order valence-electron chi connectivity index (χ1n) is 14.6. The molecule has 1 saturated heterocycles. The Morgan fingerprint density at radius 1 is 0.974 bits per heavy atom. The highest BCUT2D eigenvalue weighted by atomic mass is 32.2. The summed E-state index contributed by atoms with van der Waals surface area (Å²) in [6.45, 7) is 19.9. The number of morpholine rings is 1. The van der Waals surface area contributed by atoms with Gasteiger partial charge in [-0.1, -0.05) is 66.9 Å². The Hall–Kier alpha value is -1.47. The molecule has 1 aliphatic carbocycles. The summed E-state index contributed by atoms with van der Waals surface area (Å²) in [6.07, 6.45) is 6.58. The molecular weight excluding hydrogens is 490 g/mol. The zero-order chi connectivity index (χ0) is 27.7. The third kappa shape index (κ3) is 6.99. The number of likely N-dealkylation sites (N-methyl/N-ethyl adjacent to an activating group) is 1. The van der Waals surface area contributed by atoms with E-state index in [1.807, 2.05) is 0 Å². The molecular formula is C32H51N3O2S. The molecule has 2 unspecified atom stereocenters. The molecule has 1 N–H and O–H groups in total. The molecule has 1 aromatic carbocycles. The fraction of sp³-hybridized carbons (Fsp3) is 0.688. The summed E-state index contributed by atoms with van der Waals surface area (Å²) >= 11 is 0. The van der Waals surface area contributed by atoms with Gasteiger partial charge in [0, 0.05) is 37.1 Å². The lowest BCUT2D eigenvalue weighted by atomic mass is 9.79. The Labute approximate surface area is 234 Å². The number of hydrogen-bond donors (Lipinski definition) is 1. The number of nitrogens with zero attached hydrogens (tertiary/aromatic N) is 2. The molecule has 0 spiro atoms. The number of hydrogen-bond acceptors (Lipinski definition) is 3. The highest BCUT2D eigenvalue weighted by Crippen LogP contribution is 2.37. The van der Waals surface area contributed by atoms with E-state index in [0.29, 0.717) is 19.1 Å². The maximum absolute atomic E-state index is 13.7. The Balaban J connectivity index is 1.73. The molecule has 1 aromatic heterocycles. The van der Waals surface area contributed by atoms with Crippen LogP contribution < -0.4 is 4.72 Å². The third-order valence-electron chi connectivity index (χ3n) is 8.62. The van der Waals surface area contributed by atoms with E-state index in [9.17, 15) is 4.21 Å². The maximum Gasteiger partial charge on any atom is 0.126 e. The van der Waals surface area contributed by atoms with Gasteiger partial charge in [0.05, 0.1) is 18.1 Å². The summed E-state index contributed by atoms with van der Waals surface area (Å²) in [5.74, 6) is 0.684. The average Bonchev–Trinajstić information content (AvgIpc) is 3.18. The van der Waals surface area contributed by atoms with E-state index in [4.69, 9.17) is 4.74 Å². The molecule has 5 nitrogen and oxygen atoms in total. The average molecular weight is 542 g/mol. The molecule has 2 aliphatic rings. The first-order chi connectivity index (χ1) is 17.8. The minimum absolute atomic E-state index is 0.0488. The highest BCUT2D eigenvalue weighted by molar-refractivity contribution is 7.83. The maximum atomic E-state index is 13.7. The van der Waals surface area contributed by atoms with Crippen molar-refractivity contribution in [3.8, 4) is 11.3 Å². The van der Waals surface area contributed by atoms with Crippen LogP contribution in [0.1, 0.15) is 90.5 Å². The molecule has 38 heavy (non-hydrogen) atoms. The van der Waals surface area contributed by atoms with Gasteiger partial charge in [-0.25, -0.2) is 8.93 Å². The second kappa shape index (κ2) is 12.0. The summed E-state index contributed by atoms with van der Waals surface area (Å²) in [4.78, 5) is 3.21. The molecule has 2 fully saturated rings. The van der Waals surface area contributed by atoms with Crippen LogP contribution in [-0.4, -0.2) is 53.1 Å². The van der Waals surface area contributed by atoms with Crippen molar-refractivity contribution in [3.05, 3.63) is 41.1 Å². The van der Waals surface area contributed by atoms with Gasteiger partial charge in [0.25, 0.3) is 0 Å². The first kappa shape index (κ1) is 29.5. The van der Waals surface area contributed by atoms with Gasteiger partial charge in [0.15, 0.2) is 0 Å². The molecule has 0 radical (unpaired) electrons. The second-order valence-corrected chi connectivity index (χ2v) is 15.0. The molecule has 1 aliphatic heterocycles. The number of nitrogens with one attached hydrogen (secondary N) is 1. The number of aromatic nitrogens is 1. The van der Waals surface area contributed by atoms with Crippen molar-refractivity contribution in [2.75, 3.05) is 33.4 Å². The van der Waals surface area contributed by atoms with E-state index in [0.717, 1.165) is 30.3 Å². The molecule has 212 valence electrons. The zero-order valence-electron chi connectivity index (χ0n) is 25.2. The van der Waals surface area contributed by atoms with Crippen molar-refractivity contribution in [1.29, 1.82) is 0 Å². The van der Waals surface area contributed by atoms with E-state index in [1.54, 1.807) is 0 Å². The molecule has 0 amide bonds. The zero-order valence-corrected chi connectivity index (χ0v) is 26.0. The van der Waals surface area contributed by atoms with Crippen LogP contribution in [0, 0.1) is 12.8 Å². The van der Waals surface area contributed by atoms with Crippen molar-refractivity contribution >= 4 is 11.0 Å². The lowest BCUT2D eigenvalue weighted by molar-refractivity contribution is 0.00833. The number of benzene rings is 1.